The van der Waals surface area contributed by atoms with Gasteiger partial charge in [-0.1, -0.05) is 30.3 Å². The summed E-state index contributed by atoms with van der Waals surface area (Å²) in [7, 11) is 0. The van der Waals surface area contributed by atoms with Crippen LogP contribution in [0, 0.1) is 11.3 Å². The molecule has 2 amide bonds. The number of rotatable bonds is 14. The van der Waals surface area contributed by atoms with Crippen LogP contribution >= 0.6 is 0 Å². The Labute approximate surface area is 259 Å². The number of ether oxygens (including phenoxy) is 1. The molecule has 1 saturated carbocycles. The van der Waals surface area contributed by atoms with Crippen LogP contribution in [0.1, 0.15) is 55.8 Å². The largest absolute Gasteiger partial charge is 0.755 e. The number of anilines is 1. The van der Waals surface area contributed by atoms with Gasteiger partial charge in [0.25, 0.3) is 0 Å². The Morgan fingerprint density at radius 2 is 1.86 bits per heavy atom. The Bertz CT molecular complexity index is 1410. The lowest BCUT2D eigenvalue weighted by Crippen LogP contribution is -2.54. The first kappa shape index (κ1) is 33.0. The minimum Gasteiger partial charge on any atom is -0.755 e. The summed E-state index contributed by atoms with van der Waals surface area (Å²) in [5, 5.41) is 12.5. The number of amides is 2. The van der Waals surface area contributed by atoms with E-state index in [4.69, 9.17) is 15.9 Å². The van der Waals surface area contributed by atoms with Gasteiger partial charge in [-0.15, -0.1) is 0 Å². The number of guanidine groups is 1. The van der Waals surface area contributed by atoms with Gasteiger partial charge in [0.05, 0.1) is 25.1 Å². The van der Waals surface area contributed by atoms with Crippen LogP contribution in [0.5, 0.6) is 0 Å². The smallest absolute Gasteiger partial charge is 0.307 e. The van der Waals surface area contributed by atoms with Crippen molar-refractivity contribution >= 4 is 57.8 Å². The zero-order chi connectivity index (χ0) is 31.8. The summed E-state index contributed by atoms with van der Waals surface area (Å²) in [6.07, 6.45) is 2.62. The van der Waals surface area contributed by atoms with Gasteiger partial charge in [-0.25, -0.2) is 0 Å². The van der Waals surface area contributed by atoms with Crippen molar-refractivity contribution in [2.45, 2.75) is 57.5 Å². The number of nitrogens with one attached hydrogen (secondary N) is 2. The van der Waals surface area contributed by atoms with Crippen LogP contribution in [0.25, 0.3) is 10.8 Å². The molecule has 44 heavy (non-hydrogen) atoms. The zero-order valence-electron chi connectivity index (χ0n) is 24.7. The molecule has 238 valence electrons. The molecule has 2 aromatic rings. The van der Waals surface area contributed by atoms with E-state index in [0.717, 1.165) is 35.1 Å². The van der Waals surface area contributed by atoms with Gasteiger partial charge in [0, 0.05) is 36.0 Å². The highest BCUT2D eigenvalue weighted by molar-refractivity contribution is 7.80. The van der Waals surface area contributed by atoms with Gasteiger partial charge >= 0.3 is 5.97 Å². The second-order valence-corrected chi connectivity index (χ2v) is 11.8. The molecule has 13 nitrogen and oxygen atoms in total. The molecule has 14 heteroatoms. The number of nitrogens with zero attached hydrogens (tertiary/aromatic N) is 3. The lowest BCUT2D eigenvalue weighted by molar-refractivity contribution is -0.144. The van der Waals surface area contributed by atoms with Crippen molar-refractivity contribution in [3.8, 4) is 0 Å². The first-order valence-corrected chi connectivity index (χ1v) is 15.9. The number of benzene rings is 2. The van der Waals surface area contributed by atoms with Gasteiger partial charge in [0.2, 0.25) is 11.8 Å². The van der Waals surface area contributed by atoms with E-state index >= 15 is 0 Å². The van der Waals surface area contributed by atoms with E-state index in [2.05, 4.69) is 5.32 Å². The molecule has 2 unspecified atom stereocenters. The van der Waals surface area contributed by atoms with Crippen LogP contribution in [-0.2, 0) is 30.4 Å². The van der Waals surface area contributed by atoms with Crippen LogP contribution in [0.15, 0.2) is 36.4 Å². The topological polar surface area (TPSA) is 189 Å². The van der Waals surface area contributed by atoms with Gasteiger partial charge in [-0.2, -0.15) is 0 Å². The molecule has 0 spiro atoms. The Kier molecular flexibility index (Phi) is 11.4. The third-order valence-electron chi connectivity index (χ3n) is 8.02. The van der Waals surface area contributed by atoms with E-state index in [-0.39, 0.29) is 49.3 Å². The van der Waals surface area contributed by atoms with Gasteiger partial charge in [-0.05, 0) is 68.5 Å². The molecule has 2 fully saturated rings. The molecule has 4 N–H and O–H groups in total. The Hall–Kier alpha value is -3.88. The maximum absolute atomic E-state index is 14.3. The minimum absolute atomic E-state index is 0.0316. The van der Waals surface area contributed by atoms with Crippen molar-refractivity contribution in [3.63, 3.8) is 0 Å². The van der Waals surface area contributed by atoms with E-state index < -0.39 is 47.5 Å². The Morgan fingerprint density at radius 3 is 2.48 bits per heavy atom. The van der Waals surface area contributed by atoms with Crippen LogP contribution in [0.3, 0.4) is 0 Å². The van der Waals surface area contributed by atoms with Gasteiger partial charge < -0.3 is 25.2 Å². The summed E-state index contributed by atoms with van der Waals surface area (Å²) >= 11 is -3.11. The van der Waals surface area contributed by atoms with Crippen molar-refractivity contribution in [2.75, 3.05) is 37.1 Å². The quantitative estimate of drug-likeness (QED) is 0.0920. The normalized spacial score (nSPS) is 16.5. The molecular weight excluding hydrogens is 588 g/mol. The summed E-state index contributed by atoms with van der Waals surface area (Å²) in [6.45, 7) is 3.47. The van der Waals surface area contributed by atoms with E-state index in [1.807, 2.05) is 0 Å². The molecule has 1 aliphatic heterocycles. The fourth-order valence-corrected chi connectivity index (χ4v) is 6.34. The third kappa shape index (κ3) is 7.98. The van der Waals surface area contributed by atoms with Crippen LogP contribution < -0.4 is 15.4 Å². The van der Waals surface area contributed by atoms with Crippen molar-refractivity contribution in [3.05, 3.63) is 42.0 Å². The molecular formula is C30H39N6O7S-. The molecule has 0 aromatic heterocycles. The monoisotopic (exact) mass is 627 g/mol. The summed E-state index contributed by atoms with van der Waals surface area (Å²) < 4.78 is 31.7. The number of nitrogens with two attached hydrogens (primary N) is 1. The summed E-state index contributed by atoms with van der Waals surface area (Å²) in [6, 6.07) is 8.15. The predicted octanol–water partition coefficient (Wildman–Crippen LogP) is 1.68. The maximum Gasteiger partial charge on any atom is 0.307 e. The van der Waals surface area contributed by atoms with Crippen LogP contribution in [0.2, 0.25) is 0 Å². The van der Waals surface area contributed by atoms with Crippen molar-refractivity contribution < 1.29 is 32.7 Å². The zero-order valence-corrected chi connectivity index (χ0v) is 25.6. The molecule has 1 aliphatic carbocycles. The van der Waals surface area contributed by atoms with Crippen molar-refractivity contribution in [1.82, 2.24) is 15.1 Å². The maximum atomic E-state index is 14.3. The number of carbonyl (C=O) groups is 4. The Balaban J connectivity index is 1.75. The van der Waals surface area contributed by atoms with E-state index in [9.17, 15) is 27.9 Å². The highest BCUT2D eigenvalue weighted by Gasteiger charge is 2.41. The van der Waals surface area contributed by atoms with E-state index in [1.165, 1.54) is 11.0 Å². The highest BCUT2D eigenvalue weighted by Crippen LogP contribution is 2.34. The standard InChI is InChI=1S/C30H40N6O7S/c1-2-43-28(39)13-16-34(22-8-9-22)29(40)26(17-27(38)35(30(31)32)18-20-11-14-33-15-12-20)36(44(41)42)25-10-7-21-5-3-4-6-23(21)24(25)19-37/h3-7,10,19-20,22,26,33H,2,8-9,11-18H2,1H3,(H3,31,32)(H,41,42)/p-1. The molecule has 0 radical (unpaired) electrons. The molecule has 4 rings (SSSR count). The SMILES string of the molecule is CCOC(=O)CCN(C(=O)C(CC(=O)N(CC1CCNCC1)C(=N)N)N(c1ccc2ccccc2c1C=O)S(=O)[O-])C1CC1. The minimum atomic E-state index is -3.11. The van der Waals surface area contributed by atoms with Gasteiger partial charge in [0.15, 0.2) is 12.2 Å². The first-order chi connectivity index (χ1) is 21.2. The van der Waals surface area contributed by atoms with Crippen LogP contribution in [0.4, 0.5) is 5.69 Å². The first-order valence-electron chi connectivity index (χ1n) is 14.8. The average Bonchev–Trinajstić information content (AvgIpc) is 3.85. The summed E-state index contributed by atoms with van der Waals surface area (Å²) in [5.41, 5.74) is 5.81. The second kappa shape index (κ2) is 15.2. The Morgan fingerprint density at radius 1 is 1.16 bits per heavy atom. The van der Waals surface area contributed by atoms with Gasteiger partial charge in [-0.3, -0.25) is 38.0 Å². The number of aldehydes is 1. The number of piperidine rings is 1. The number of esters is 1. The van der Waals surface area contributed by atoms with E-state index in [0.29, 0.717) is 29.9 Å². The van der Waals surface area contributed by atoms with Crippen molar-refractivity contribution in [2.24, 2.45) is 11.7 Å². The van der Waals surface area contributed by atoms with Gasteiger partial charge in [0.1, 0.15) is 6.04 Å². The second-order valence-electron chi connectivity index (χ2n) is 11.0. The molecule has 2 aliphatic rings. The fraction of sp³-hybridized carbons (Fsp3) is 0.500. The lowest BCUT2D eigenvalue weighted by Gasteiger charge is -2.38. The highest BCUT2D eigenvalue weighted by atomic mass is 32.2. The molecule has 1 saturated heterocycles. The number of carbonyl (C=O) groups excluding carboxylic acids is 4. The average molecular weight is 628 g/mol. The molecule has 2 atom stereocenters. The number of hydrogen-bond acceptors (Lipinski definition) is 9. The third-order valence-corrected chi connectivity index (χ3v) is 8.80. The van der Waals surface area contributed by atoms with E-state index in [1.54, 1.807) is 37.3 Å². The summed E-state index contributed by atoms with van der Waals surface area (Å²) in [4.78, 5) is 55.2. The van der Waals surface area contributed by atoms with Crippen molar-refractivity contribution in [1.29, 1.82) is 5.41 Å². The molecule has 0 bridgehead atoms. The molecule has 1 heterocycles. The predicted molar refractivity (Wildman–Crippen MR) is 164 cm³/mol. The fourth-order valence-electron chi connectivity index (χ4n) is 5.65. The molecule has 2 aromatic carbocycles. The number of fused-ring (bicyclic) bond motifs is 1. The summed E-state index contributed by atoms with van der Waals surface area (Å²) in [5.74, 6) is -2.33. The van der Waals surface area contributed by atoms with Crippen LogP contribution in [-0.4, -0.2) is 93.5 Å². The lowest BCUT2D eigenvalue weighted by atomic mass is 9.97. The number of hydrogen-bond donors (Lipinski definition) is 3.